The maximum Gasteiger partial charge on any atom is 0.335 e. The smallest absolute Gasteiger partial charge is 0.335 e. The molecule has 0 saturated heterocycles. The Hall–Kier alpha value is -1.39. The highest BCUT2D eigenvalue weighted by atomic mass is 16.4. The van der Waals surface area contributed by atoms with E-state index in [-0.39, 0.29) is 12.1 Å². The number of benzene rings is 1. The molecule has 1 aliphatic carbocycles. The molecule has 1 fully saturated rings. The molecule has 1 aromatic rings. The van der Waals surface area contributed by atoms with Gasteiger partial charge in [0.15, 0.2) is 0 Å². The average Bonchev–Trinajstić information content (AvgIpc) is 2.45. The van der Waals surface area contributed by atoms with Gasteiger partial charge in [0.25, 0.3) is 0 Å². The van der Waals surface area contributed by atoms with E-state index in [0.29, 0.717) is 12.0 Å². The number of aliphatic hydroxyl groups excluding tert-OH is 1. The Morgan fingerprint density at radius 1 is 1.30 bits per heavy atom. The topological polar surface area (TPSA) is 60.8 Å². The number of likely N-dealkylation sites (N-methyl/N-ethyl adjacent to an activating group) is 1. The van der Waals surface area contributed by atoms with Crippen molar-refractivity contribution in [2.45, 2.75) is 44.2 Å². The number of nitrogens with zero attached hydrogens (tertiary/aromatic N) is 1. The standard InChI is InChI=1S/C16H23NO3/c1-17(14-8-4-5-9-15(14)18)11-10-12-6-2-3-7-13(12)16(19)20/h2-3,6-7,14-15,18H,4-5,8-11H2,1H3,(H,19,20). The quantitative estimate of drug-likeness (QED) is 0.866. The third kappa shape index (κ3) is 3.58. The summed E-state index contributed by atoms with van der Waals surface area (Å²) in [5, 5.41) is 19.2. The van der Waals surface area contributed by atoms with Crippen LogP contribution in [0.15, 0.2) is 24.3 Å². The molecular weight excluding hydrogens is 254 g/mol. The monoisotopic (exact) mass is 277 g/mol. The van der Waals surface area contributed by atoms with Gasteiger partial charge in [-0.15, -0.1) is 0 Å². The fourth-order valence-electron chi connectivity index (χ4n) is 3.02. The second-order valence-electron chi connectivity index (χ2n) is 5.61. The Morgan fingerprint density at radius 2 is 2.00 bits per heavy atom. The molecule has 2 N–H and O–H groups in total. The van der Waals surface area contributed by atoms with Crippen LogP contribution < -0.4 is 0 Å². The van der Waals surface area contributed by atoms with Crippen LogP contribution in [0.1, 0.15) is 41.6 Å². The van der Waals surface area contributed by atoms with E-state index < -0.39 is 5.97 Å². The molecule has 2 rings (SSSR count). The highest BCUT2D eigenvalue weighted by molar-refractivity contribution is 5.89. The minimum absolute atomic E-state index is 0.209. The van der Waals surface area contributed by atoms with Gasteiger partial charge in [-0.05, 0) is 37.9 Å². The summed E-state index contributed by atoms with van der Waals surface area (Å²) in [6.45, 7) is 0.770. The van der Waals surface area contributed by atoms with E-state index in [9.17, 15) is 9.90 Å². The van der Waals surface area contributed by atoms with Gasteiger partial charge in [0, 0.05) is 12.6 Å². The fourth-order valence-corrected chi connectivity index (χ4v) is 3.02. The van der Waals surface area contributed by atoms with Gasteiger partial charge in [0.1, 0.15) is 0 Å². The summed E-state index contributed by atoms with van der Waals surface area (Å²) in [4.78, 5) is 13.3. The van der Waals surface area contributed by atoms with Crippen LogP contribution in [0, 0.1) is 0 Å². The number of aliphatic hydroxyl groups is 1. The summed E-state index contributed by atoms with van der Waals surface area (Å²) in [5.41, 5.74) is 1.24. The van der Waals surface area contributed by atoms with Crippen molar-refractivity contribution in [2.75, 3.05) is 13.6 Å². The van der Waals surface area contributed by atoms with Crippen LogP contribution in [0.3, 0.4) is 0 Å². The van der Waals surface area contributed by atoms with Crippen molar-refractivity contribution >= 4 is 5.97 Å². The first kappa shape index (κ1) is 15.0. The van der Waals surface area contributed by atoms with Crippen LogP contribution in [-0.2, 0) is 6.42 Å². The number of hydrogen-bond acceptors (Lipinski definition) is 3. The molecule has 0 aliphatic heterocycles. The predicted molar refractivity (Wildman–Crippen MR) is 78.0 cm³/mol. The zero-order valence-corrected chi connectivity index (χ0v) is 12.0. The maximum atomic E-state index is 11.2. The van der Waals surface area contributed by atoms with Gasteiger partial charge < -0.3 is 15.1 Å². The average molecular weight is 277 g/mol. The normalized spacial score (nSPS) is 22.9. The first-order chi connectivity index (χ1) is 9.59. The van der Waals surface area contributed by atoms with Crippen molar-refractivity contribution in [3.8, 4) is 0 Å². The highest BCUT2D eigenvalue weighted by Crippen LogP contribution is 2.22. The minimum Gasteiger partial charge on any atom is -0.478 e. The van der Waals surface area contributed by atoms with E-state index >= 15 is 0 Å². The molecule has 110 valence electrons. The van der Waals surface area contributed by atoms with Crippen LogP contribution >= 0.6 is 0 Å². The summed E-state index contributed by atoms with van der Waals surface area (Å²) in [6.07, 6.45) is 4.62. The Bertz CT molecular complexity index is 461. The van der Waals surface area contributed by atoms with Gasteiger partial charge in [-0.1, -0.05) is 31.0 Å². The van der Waals surface area contributed by atoms with Crippen molar-refractivity contribution in [2.24, 2.45) is 0 Å². The van der Waals surface area contributed by atoms with Gasteiger partial charge in [-0.2, -0.15) is 0 Å². The fraction of sp³-hybridized carbons (Fsp3) is 0.562. The summed E-state index contributed by atoms with van der Waals surface area (Å²) in [6, 6.07) is 7.35. The number of carboxylic acid groups (broad SMARTS) is 1. The largest absolute Gasteiger partial charge is 0.478 e. The van der Waals surface area contributed by atoms with E-state index in [1.165, 1.54) is 0 Å². The number of carbonyl (C=O) groups is 1. The third-order valence-corrected chi connectivity index (χ3v) is 4.24. The molecule has 0 spiro atoms. The second-order valence-corrected chi connectivity index (χ2v) is 5.61. The molecule has 0 bridgehead atoms. The Morgan fingerprint density at radius 3 is 2.70 bits per heavy atom. The SMILES string of the molecule is CN(CCc1ccccc1C(=O)O)C1CCCCC1O. The Kier molecular flexibility index (Phi) is 5.15. The maximum absolute atomic E-state index is 11.2. The molecule has 1 saturated carbocycles. The summed E-state index contributed by atoms with van der Waals surface area (Å²) in [7, 11) is 2.02. The predicted octanol–water partition coefficient (Wildman–Crippen LogP) is 2.16. The van der Waals surface area contributed by atoms with Crippen molar-refractivity contribution in [1.29, 1.82) is 0 Å². The molecule has 4 nitrogen and oxygen atoms in total. The third-order valence-electron chi connectivity index (χ3n) is 4.24. The molecule has 2 atom stereocenters. The first-order valence-electron chi connectivity index (χ1n) is 7.29. The molecule has 1 aliphatic rings. The Balaban J connectivity index is 1.96. The molecule has 0 heterocycles. The van der Waals surface area contributed by atoms with Gasteiger partial charge in [-0.25, -0.2) is 4.79 Å². The van der Waals surface area contributed by atoms with Crippen molar-refractivity contribution in [3.63, 3.8) is 0 Å². The van der Waals surface area contributed by atoms with E-state index in [0.717, 1.165) is 37.8 Å². The number of hydrogen-bond donors (Lipinski definition) is 2. The van der Waals surface area contributed by atoms with Gasteiger partial charge >= 0.3 is 5.97 Å². The molecule has 0 aromatic heterocycles. The Labute approximate surface area is 120 Å². The van der Waals surface area contributed by atoms with Crippen LogP contribution in [0.5, 0.6) is 0 Å². The van der Waals surface area contributed by atoms with E-state index in [1.54, 1.807) is 12.1 Å². The number of aromatic carboxylic acids is 1. The van der Waals surface area contributed by atoms with Gasteiger partial charge in [-0.3, -0.25) is 0 Å². The molecule has 0 amide bonds. The molecule has 0 radical (unpaired) electrons. The summed E-state index contributed by atoms with van der Waals surface area (Å²) in [5.74, 6) is -0.874. The van der Waals surface area contributed by atoms with Gasteiger partial charge in [0.05, 0.1) is 11.7 Å². The van der Waals surface area contributed by atoms with Crippen LogP contribution in [0.2, 0.25) is 0 Å². The number of rotatable bonds is 5. The van der Waals surface area contributed by atoms with Gasteiger partial charge in [0.2, 0.25) is 0 Å². The van der Waals surface area contributed by atoms with E-state index in [4.69, 9.17) is 5.11 Å². The number of carboxylic acids is 1. The summed E-state index contributed by atoms with van der Waals surface area (Å²) >= 11 is 0. The summed E-state index contributed by atoms with van der Waals surface area (Å²) < 4.78 is 0. The molecule has 4 heteroatoms. The van der Waals surface area contributed by atoms with E-state index in [1.807, 2.05) is 19.2 Å². The second kappa shape index (κ2) is 6.86. The lowest BCUT2D eigenvalue weighted by molar-refractivity contribution is 0.0327. The lowest BCUT2D eigenvalue weighted by atomic mass is 9.91. The molecule has 1 aromatic carbocycles. The minimum atomic E-state index is -0.874. The zero-order valence-electron chi connectivity index (χ0n) is 12.0. The molecular formula is C16H23NO3. The molecule has 2 unspecified atom stereocenters. The van der Waals surface area contributed by atoms with Crippen LogP contribution in [-0.4, -0.2) is 46.8 Å². The van der Waals surface area contributed by atoms with Crippen LogP contribution in [0.25, 0.3) is 0 Å². The van der Waals surface area contributed by atoms with Crippen molar-refractivity contribution < 1.29 is 15.0 Å². The first-order valence-corrected chi connectivity index (χ1v) is 7.29. The van der Waals surface area contributed by atoms with E-state index in [2.05, 4.69) is 4.90 Å². The van der Waals surface area contributed by atoms with Crippen LogP contribution in [0.4, 0.5) is 0 Å². The lowest BCUT2D eigenvalue weighted by Gasteiger charge is -2.35. The lowest BCUT2D eigenvalue weighted by Crippen LogP contribution is -2.44. The zero-order chi connectivity index (χ0) is 14.5. The molecule has 20 heavy (non-hydrogen) atoms. The van der Waals surface area contributed by atoms with Crippen molar-refractivity contribution in [1.82, 2.24) is 4.90 Å². The highest BCUT2D eigenvalue weighted by Gasteiger charge is 2.26. The van der Waals surface area contributed by atoms with Crippen molar-refractivity contribution in [3.05, 3.63) is 35.4 Å².